The summed E-state index contributed by atoms with van der Waals surface area (Å²) in [5.41, 5.74) is 0. The van der Waals surface area contributed by atoms with Crippen LogP contribution in [0, 0.1) is 0 Å². The maximum absolute atomic E-state index is 11.9. The first kappa shape index (κ1) is 23.2. The van der Waals surface area contributed by atoms with Crippen LogP contribution in [0.2, 0.25) is 0 Å². The Hall–Kier alpha value is -2.05. The van der Waals surface area contributed by atoms with Crippen LogP contribution in [0.3, 0.4) is 0 Å². The van der Waals surface area contributed by atoms with Crippen molar-refractivity contribution in [1.29, 1.82) is 0 Å². The topological polar surface area (TPSA) is 152 Å². The molecular formula is C17H27N3O8S. The van der Waals surface area contributed by atoms with Crippen molar-refractivity contribution < 1.29 is 38.5 Å². The van der Waals surface area contributed by atoms with Crippen molar-refractivity contribution in [2.75, 3.05) is 38.7 Å². The highest BCUT2D eigenvalue weighted by molar-refractivity contribution is 8.00. The molecule has 2 fully saturated rings. The minimum Gasteiger partial charge on any atom is -0.461 e. The van der Waals surface area contributed by atoms with E-state index in [0.29, 0.717) is 19.4 Å². The molecule has 4 N–H and O–H groups in total. The SMILES string of the molecule is CC(O)C(=O)OCC(=O)OCCOCCNC(=O)CCC1SC[C@@H]2NC(=O)N[C@H]12. The Morgan fingerprint density at radius 2 is 2.03 bits per heavy atom. The number of nitrogens with one attached hydrogen (secondary N) is 3. The number of thioether (sulfide) groups is 1. The molecule has 0 aromatic carbocycles. The molecule has 2 saturated heterocycles. The number of aliphatic hydroxyl groups is 1. The van der Waals surface area contributed by atoms with Gasteiger partial charge in [-0.1, -0.05) is 0 Å². The van der Waals surface area contributed by atoms with E-state index in [9.17, 15) is 19.2 Å². The second kappa shape index (κ2) is 11.8. The summed E-state index contributed by atoms with van der Waals surface area (Å²) in [5, 5.41) is 17.7. The molecule has 0 radical (unpaired) electrons. The molecule has 3 amide bonds. The number of hydrogen-bond donors (Lipinski definition) is 4. The molecule has 2 aliphatic heterocycles. The number of carbonyl (C=O) groups excluding carboxylic acids is 4. The number of hydrogen-bond acceptors (Lipinski definition) is 9. The molecule has 0 bridgehead atoms. The lowest BCUT2D eigenvalue weighted by Crippen LogP contribution is -2.37. The first-order chi connectivity index (χ1) is 13.9. The Balaban J connectivity index is 1.42. The largest absolute Gasteiger partial charge is 0.461 e. The third-order valence-electron chi connectivity index (χ3n) is 4.33. The van der Waals surface area contributed by atoms with Crippen LogP contribution >= 0.6 is 11.8 Å². The summed E-state index contributed by atoms with van der Waals surface area (Å²) >= 11 is 1.76. The fourth-order valence-electron chi connectivity index (χ4n) is 2.88. The Bertz CT molecular complexity index is 603. The lowest BCUT2D eigenvalue weighted by molar-refractivity contribution is -0.164. The number of amides is 3. The highest BCUT2D eigenvalue weighted by Crippen LogP contribution is 2.32. The third kappa shape index (κ3) is 8.07. The monoisotopic (exact) mass is 433 g/mol. The van der Waals surface area contributed by atoms with Gasteiger partial charge in [-0.15, -0.1) is 0 Å². The smallest absolute Gasteiger partial charge is 0.344 e. The molecule has 0 aromatic heterocycles. The molecule has 2 heterocycles. The van der Waals surface area contributed by atoms with Crippen molar-refractivity contribution >= 4 is 35.6 Å². The molecule has 4 atom stereocenters. The summed E-state index contributed by atoms with van der Waals surface area (Å²) in [6.07, 6.45) is -0.230. The van der Waals surface area contributed by atoms with Crippen molar-refractivity contribution in [3.8, 4) is 0 Å². The zero-order valence-corrected chi connectivity index (χ0v) is 17.0. The van der Waals surface area contributed by atoms with Crippen LogP contribution in [-0.2, 0) is 28.6 Å². The Labute approximate surface area is 172 Å². The van der Waals surface area contributed by atoms with E-state index in [1.54, 1.807) is 11.8 Å². The fraction of sp³-hybridized carbons (Fsp3) is 0.765. The molecule has 164 valence electrons. The predicted octanol–water partition coefficient (Wildman–Crippen LogP) is -1.47. The van der Waals surface area contributed by atoms with Gasteiger partial charge in [0.1, 0.15) is 12.7 Å². The molecule has 11 nitrogen and oxygen atoms in total. The van der Waals surface area contributed by atoms with E-state index in [1.165, 1.54) is 6.92 Å². The molecule has 2 rings (SSSR count). The average molecular weight is 433 g/mol. The summed E-state index contributed by atoms with van der Waals surface area (Å²) < 4.78 is 14.5. The van der Waals surface area contributed by atoms with Crippen LogP contribution in [0.5, 0.6) is 0 Å². The highest BCUT2D eigenvalue weighted by atomic mass is 32.2. The molecule has 0 spiro atoms. The van der Waals surface area contributed by atoms with Gasteiger partial charge in [0.2, 0.25) is 5.91 Å². The predicted molar refractivity (Wildman–Crippen MR) is 102 cm³/mol. The standard InChI is InChI=1S/C17H27N3O8S/c1-10(21)16(24)28-8-14(23)27-7-6-26-5-4-18-13(22)3-2-12-15-11(9-29-12)19-17(25)20-15/h10-12,15,21H,2-9H2,1H3,(H,18,22)(H2,19,20,25)/t10?,11-,12?,15-/m0/s1. The maximum Gasteiger partial charge on any atom is 0.344 e. The average Bonchev–Trinajstić information content (AvgIpc) is 3.22. The van der Waals surface area contributed by atoms with E-state index in [2.05, 4.69) is 20.7 Å². The molecule has 0 aliphatic carbocycles. The second-order valence-corrected chi connectivity index (χ2v) is 7.90. The van der Waals surface area contributed by atoms with Crippen LogP contribution in [0.4, 0.5) is 4.79 Å². The van der Waals surface area contributed by atoms with Crippen LogP contribution in [0.1, 0.15) is 19.8 Å². The molecule has 12 heteroatoms. The van der Waals surface area contributed by atoms with Crippen LogP contribution in [0.25, 0.3) is 0 Å². The number of fused-ring (bicyclic) bond motifs is 1. The van der Waals surface area contributed by atoms with Gasteiger partial charge in [-0.05, 0) is 13.3 Å². The minimum atomic E-state index is -1.30. The lowest BCUT2D eigenvalue weighted by Gasteiger charge is -2.16. The van der Waals surface area contributed by atoms with Crippen molar-refractivity contribution in [3.05, 3.63) is 0 Å². The summed E-state index contributed by atoms with van der Waals surface area (Å²) in [6, 6.07) is 0.0913. The van der Waals surface area contributed by atoms with Gasteiger partial charge in [0.05, 0.1) is 25.3 Å². The van der Waals surface area contributed by atoms with Gasteiger partial charge in [0.15, 0.2) is 6.61 Å². The maximum atomic E-state index is 11.9. The van der Waals surface area contributed by atoms with Gasteiger partial charge >= 0.3 is 18.0 Å². The van der Waals surface area contributed by atoms with Gasteiger partial charge in [-0.25, -0.2) is 14.4 Å². The Morgan fingerprint density at radius 3 is 2.79 bits per heavy atom. The van der Waals surface area contributed by atoms with E-state index in [0.717, 1.165) is 5.75 Å². The van der Waals surface area contributed by atoms with E-state index in [1.807, 2.05) is 0 Å². The third-order valence-corrected chi connectivity index (χ3v) is 5.84. The van der Waals surface area contributed by atoms with Crippen LogP contribution in [-0.4, -0.2) is 91.1 Å². The molecule has 0 aromatic rings. The number of urea groups is 1. The van der Waals surface area contributed by atoms with E-state index in [-0.39, 0.29) is 49.1 Å². The van der Waals surface area contributed by atoms with Crippen LogP contribution in [0.15, 0.2) is 0 Å². The lowest BCUT2D eigenvalue weighted by atomic mass is 10.0. The highest BCUT2D eigenvalue weighted by Gasteiger charge is 2.42. The van der Waals surface area contributed by atoms with E-state index < -0.39 is 24.6 Å². The Kier molecular flexibility index (Phi) is 9.48. The number of rotatable bonds is 12. The quantitative estimate of drug-likeness (QED) is 0.164. The van der Waals surface area contributed by atoms with Gasteiger partial charge < -0.3 is 35.3 Å². The molecule has 2 aliphatic rings. The van der Waals surface area contributed by atoms with E-state index in [4.69, 9.17) is 14.6 Å². The summed E-state index contributed by atoms with van der Waals surface area (Å²) in [4.78, 5) is 45.5. The second-order valence-electron chi connectivity index (χ2n) is 6.63. The van der Waals surface area contributed by atoms with Gasteiger partial charge in [-0.3, -0.25) is 4.79 Å². The number of esters is 2. The van der Waals surface area contributed by atoms with Crippen molar-refractivity contribution in [2.45, 2.75) is 43.2 Å². The number of aliphatic hydroxyl groups excluding tert-OH is 1. The summed E-state index contributed by atoms with van der Waals surface area (Å²) in [7, 11) is 0. The normalized spacial score (nSPS) is 23.5. The van der Waals surface area contributed by atoms with Gasteiger partial charge in [0.25, 0.3) is 0 Å². The van der Waals surface area contributed by atoms with Crippen molar-refractivity contribution in [2.24, 2.45) is 0 Å². The first-order valence-corrected chi connectivity index (χ1v) is 10.4. The van der Waals surface area contributed by atoms with Crippen molar-refractivity contribution in [1.82, 2.24) is 16.0 Å². The zero-order valence-electron chi connectivity index (χ0n) is 16.2. The number of ether oxygens (including phenoxy) is 3. The first-order valence-electron chi connectivity index (χ1n) is 9.40. The molecule has 29 heavy (non-hydrogen) atoms. The zero-order chi connectivity index (χ0) is 21.2. The molecular weight excluding hydrogens is 406 g/mol. The van der Waals surface area contributed by atoms with Crippen molar-refractivity contribution in [3.63, 3.8) is 0 Å². The van der Waals surface area contributed by atoms with Crippen LogP contribution < -0.4 is 16.0 Å². The van der Waals surface area contributed by atoms with Gasteiger partial charge in [-0.2, -0.15) is 11.8 Å². The molecule has 2 unspecified atom stereocenters. The summed E-state index contributed by atoms with van der Waals surface area (Å²) in [5.74, 6) is -0.861. The van der Waals surface area contributed by atoms with E-state index >= 15 is 0 Å². The molecule has 0 saturated carbocycles. The number of carbonyl (C=O) groups is 4. The van der Waals surface area contributed by atoms with Gasteiger partial charge in [0, 0.05) is 24.0 Å². The fourth-order valence-corrected chi connectivity index (χ4v) is 4.37. The Morgan fingerprint density at radius 1 is 1.24 bits per heavy atom. The summed E-state index contributed by atoms with van der Waals surface area (Å²) in [6.45, 7) is 1.39. The minimum absolute atomic E-state index is 0.0137.